The molecule has 2 unspecified atom stereocenters. The van der Waals surface area contributed by atoms with Gasteiger partial charge in [0, 0.05) is 6.54 Å². The van der Waals surface area contributed by atoms with E-state index in [-0.39, 0.29) is 30.1 Å². The van der Waals surface area contributed by atoms with Crippen LogP contribution in [0.1, 0.15) is 12.0 Å². The molecule has 2 saturated heterocycles. The summed E-state index contributed by atoms with van der Waals surface area (Å²) in [6.45, 7) is 1.29. The van der Waals surface area contributed by atoms with Gasteiger partial charge in [-0.05, 0) is 37.1 Å². The smallest absolute Gasteiger partial charge is 0.320 e. The quantitative estimate of drug-likeness (QED) is 0.660. The third-order valence-electron chi connectivity index (χ3n) is 4.52. The fourth-order valence-corrected chi connectivity index (χ4v) is 3.23. The standard InChI is InChI=1S/C16H19N3O4/c17-13(16(22)23)7-9-1-3-10(4-2-9)19-14(20)11-5-6-18-8-12(11)15(19)21/h1-4,11-13,18H,5-8,17H2,(H,22,23)/t11?,12?,13-/m0/s1. The second-order valence-electron chi connectivity index (χ2n) is 6.03. The van der Waals surface area contributed by atoms with Gasteiger partial charge >= 0.3 is 5.97 Å². The number of amides is 2. The molecule has 2 amide bonds. The lowest BCUT2D eigenvalue weighted by Crippen LogP contribution is -2.38. The van der Waals surface area contributed by atoms with Crippen LogP contribution in [0.5, 0.6) is 0 Å². The third-order valence-corrected chi connectivity index (χ3v) is 4.52. The minimum absolute atomic E-state index is 0.142. The first-order chi connectivity index (χ1) is 11.0. The van der Waals surface area contributed by atoms with Crippen LogP contribution in [0.4, 0.5) is 5.69 Å². The number of carboxylic acids is 1. The summed E-state index contributed by atoms with van der Waals surface area (Å²) < 4.78 is 0. The van der Waals surface area contributed by atoms with Crippen molar-refractivity contribution in [2.24, 2.45) is 17.6 Å². The summed E-state index contributed by atoms with van der Waals surface area (Å²) in [5.41, 5.74) is 6.79. The highest BCUT2D eigenvalue weighted by Gasteiger charge is 2.48. The lowest BCUT2D eigenvalue weighted by Gasteiger charge is -2.21. The first kappa shape index (κ1) is 15.6. The van der Waals surface area contributed by atoms with Crippen molar-refractivity contribution >= 4 is 23.5 Å². The molecular weight excluding hydrogens is 298 g/mol. The van der Waals surface area contributed by atoms with Crippen molar-refractivity contribution in [3.05, 3.63) is 29.8 Å². The van der Waals surface area contributed by atoms with Crippen LogP contribution in [0.15, 0.2) is 24.3 Å². The maximum absolute atomic E-state index is 12.5. The zero-order chi connectivity index (χ0) is 16.6. The van der Waals surface area contributed by atoms with Gasteiger partial charge in [-0.3, -0.25) is 19.3 Å². The van der Waals surface area contributed by atoms with Gasteiger partial charge in [-0.15, -0.1) is 0 Å². The van der Waals surface area contributed by atoms with Crippen LogP contribution in [-0.2, 0) is 20.8 Å². The van der Waals surface area contributed by atoms with E-state index in [9.17, 15) is 14.4 Å². The second kappa shape index (κ2) is 6.10. The lowest BCUT2D eigenvalue weighted by molar-refractivity contribution is -0.138. The zero-order valence-electron chi connectivity index (χ0n) is 12.6. The fraction of sp³-hybridized carbons (Fsp3) is 0.438. The van der Waals surface area contributed by atoms with E-state index in [4.69, 9.17) is 10.8 Å². The van der Waals surface area contributed by atoms with Gasteiger partial charge in [-0.2, -0.15) is 0 Å². The van der Waals surface area contributed by atoms with Crippen LogP contribution >= 0.6 is 0 Å². The summed E-state index contributed by atoms with van der Waals surface area (Å²) in [4.78, 5) is 37.0. The number of nitrogens with two attached hydrogens (primary N) is 1. The van der Waals surface area contributed by atoms with Crippen LogP contribution in [-0.4, -0.2) is 42.0 Å². The van der Waals surface area contributed by atoms with Crippen molar-refractivity contribution < 1.29 is 19.5 Å². The van der Waals surface area contributed by atoms with Crippen LogP contribution in [0.2, 0.25) is 0 Å². The van der Waals surface area contributed by atoms with Crippen molar-refractivity contribution in [1.29, 1.82) is 0 Å². The average molecular weight is 317 g/mol. The Morgan fingerprint density at radius 2 is 1.91 bits per heavy atom. The molecular formula is C16H19N3O4. The molecule has 0 saturated carbocycles. The van der Waals surface area contributed by atoms with Crippen LogP contribution in [0.3, 0.4) is 0 Å². The number of rotatable bonds is 4. The van der Waals surface area contributed by atoms with Crippen molar-refractivity contribution in [3.63, 3.8) is 0 Å². The maximum atomic E-state index is 12.5. The summed E-state index contributed by atoms with van der Waals surface area (Å²) >= 11 is 0. The van der Waals surface area contributed by atoms with Crippen molar-refractivity contribution in [1.82, 2.24) is 5.32 Å². The number of aliphatic carboxylic acids is 1. The molecule has 0 bridgehead atoms. The minimum atomic E-state index is -1.06. The largest absolute Gasteiger partial charge is 0.480 e. The molecule has 0 spiro atoms. The Kier molecular flexibility index (Phi) is 4.14. The van der Waals surface area contributed by atoms with Crippen molar-refractivity contribution in [3.8, 4) is 0 Å². The Morgan fingerprint density at radius 3 is 2.52 bits per heavy atom. The van der Waals surface area contributed by atoms with Gasteiger partial charge in [0.05, 0.1) is 17.5 Å². The second-order valence-corrected chi connectivity index (χ2v) is 6.03. The summed E-state index contributed by atoms with van der Waals surface area (Å²) in [6.07, 6.45) is 0.879. The molecule has 2 heterocycles. The highest BCUT2D eigenvalue weighted by atomic mass is 16.4. The molecule has 4 N–H and O–H groups in total. The lowest BCUT2D eigenvalue weighted by atomic mass is 9.89. The number of fused-ring (bicyclic) bond motifs is 1. The molecule has 3 rings (SSSR count). The molecule has 1 aromatic rings. The zero-order valence-corrected chi connectivity index (χ0v) is 12.6. The Balaban J connectivity index is 1.78. The number of carboxylic acid groups (broad SMARTS) is 1. The maximum Gasteiger partial charge on any atom is 0.320 e. The molecule has 2 aliphatic heterocycles. The van der Waals surface area contributed by atoms with E-state index in [1.54, 1.807) is 24.3 Å². The van der Waals surface area contributed by atoms with E-state index in [1.807, 2.05) is 0 Å². The van der Waals surface area contributed by atoms with Gasteiger partial charge < -0.3 is 16.2 Å². The summed E-state index contributed by atoms with van der Waals surface area (Å²) in [6, 6.07) is 5.79. The molecule has 0 aromatic heterocycles. The van der Waals surface area contributed by atoms with Gasteiger partial charge in [-0.1, -0.05) is 12.1 Å². The van der Waals surface area contributed by atoms with E-state index in [0.29, 0.717) is 18.7 Å². The Bertz CT molecular complexity index is 619. The Hall–Kier alpha value is -2.25. The number of carbonyl (C=O) groups is 3. The van der Waals surface area contributed by atoms with Crippen molar-refractivity contribution in [2.45, 2.75) is 18.9 Å². The molecule has 122 valence electrons. The van der Waals surface area contributed by atoms with E-state index < -0.39 is 12.0 Å². The van der Waals surface area contributed by atoms with Gasteiger partial charge in [-0.25, -0.2) is 0 Å². The van der Waals surface area contributed by atoms with Crippen LogP contribution in [0.25, 0.3) is 0 Å². The Labute approximate surface area is 133 Å². The number of anilines is 1. The molecule has 0 radical (unpaired) electrons. The molecule has 1 aromatic carbocycles. The number of imide groups is 1. The highest BCUT2D eigenvalue weighted by molar-refractivity contribution is 6.22. The molecule has 2 fully saturated rings. The van der Waals surface area contributed by atoms with E-state index in [0.717, 1.165) is 12.1 Å². The summed E-state index contributed by atoms with van der Waals surface area (Å²) in [5, 5.41) is 12.0. The topological polar surface area (TPSA) is 113 Å². The Morgan fingerprint density at radius 1 is 1.26 bits per heavy atom. The number of hydrogen-bond donors (Lipinski definition) is 3. The summed E-state index contributed by atoms with van der Waals surface area (Å²) in [7, 11) is 0. The molecule has 2 aliphatic rings. The molecule has 3 atom stereocenters. The number of nitrogens with one attached hydrogen (secondary N) is 1. The van der Waals surface area contributed by atoms with Crippen LogP contribution in [0, 0.1) is 11.8 Å². The number of nitrogens with zero attached hydrogens (tertiary/aromatic N) is 1. The molecule has 7 nitrogen and oxygen atoms in total. The van der Waals surface area contributed by atoms with Gasteiger partial charge in [0.1, 0.15) is 6.04 Å². The predicted molar refractivity (Wildman–Crippen MR) is 82.7 cm³/mol. The number of carbonyl (C=O) groups excluding carboxylic acids is 2. The van der Waals surface area contributed by atoms with Crippen molar-refractivity contribution in [2.75, 3.05) is 18.0 Å². The summed E-state index contributed by atoms with van der Waals surface area (Å²) in [5.74, 6) is -1.88. The number of piperidine rings is 1. The first-order valence-corrected chi connectivity index (χ1v) is 7.65. The van der Waals surface area contributed by atoms with E-state index >= 15 is 0 Å². The van der Waals surface area contributed by atoms with Gasteiger partial charge in [0.15, 0.2) is 0 Å². The van der Waals surface area contributed by atoms with Crippen LogP contribution < -0.4 is 16.0 Å². The first-order valence-electron chi connectivity index (χ1n) is 7.65. The van der Waals surface area contributed by atoms with Gasteiger partial charge in [0.25, 0.3) is 0 Å². The molecule has 23 heavy (non-hydrogen) atoms. The average Bonchev–Trinajstić information content (AvgIpc) is 2.80. The molecule has 0 aliphatic carbocycles. The molecule has 7 heteroatoms. The SMILES string of the molecule is N[C@@H](Cc1ccc(N2C(=O)C3CCNCC3C2=O)cc1)C(=O)O. The predicted octanol–water partition coefficient (Wildman–Crippen LogP) is -0.260. The van der Waals surface area contributed by atoms with Gasteiger partial charge in [0.2, 0.25) is 11.8 Å². The third kappa shape index (κ3) is 2.85. The number of hydrogen-bond acceptors (Lipinski definition) is 5. The van der Waals surface area contributed by atoms with E-state index in [2.05, 4.69) is 5.32 Å². The monoisotopic (exact) mass is 317 g/mol. The fourth-order valence-electron chi connectivity index (χ4n) is 3.23. The van der Waals surface area contributed by atoms with E-state index in [1.165, 1.54) is 4.90 Å². The normalized spacial score (nSPS) is 25.3. The number of benzene rings is 1. The highest BCUT2D eigenvalue weighted by Crippen LogP contribution is 2.34. The minimum Gasteiger partial charge on any atom is -0.480 e.